The summed E-state index contributed by atoms with van der Waals surface area (Å²) in [5, 5.41) is 0. The number of nitrogens with zero attached hydrogens (tertiary/aromatic N) is 2. The summed E-state index contributed by atoms with van der Waals surface area (Å²) in [7, 11) is 0. The van der Waals surface area contributed by atoms with E-state index < -0.39 is 0 Å². The van der Waals surface area contributed by atoms with Crippen LogP contribution in [0.5, 0.6) is 0 Å². The molecule has 1 aliphatic heterocycles. The molecule has 0 aromatic carbocycles. The molecule has 0 spiro atoms. The van der Waals surface area contributed by atoms with Gasteiger partial charge in [-0.05, 0) is 44.7 Å². The predicted molar refractivity (Wildman–Crippen MR) is 93.8 cm³/mol. The van der Waals surface area contributed by atoms with Gasteiger partial charge in [-0.1, -0.05) is 40.5 Å². The van der Waals surface area contributed by atoms with Gasteiger partial charge in [-0.25, -0.2) is 0 Å². The van der Waals surface area contributed by atoms with Crippen LogP contribution in [-0.2, 0) is 4.79 Å². The number of likely N-dealkylation sites (tertiary alicyclic amines) is 1. The van der Waals surface area contributed by atoms with Crippen molar-refractivity contribution in [1.82, 2.24) is 9.80 Å². The SMILES string of the molecule is CCCCN(CCCC)C(C(=O)N1CCC(N)CC1)C(C)C. The molecule has 0 bridgehead atoms. The Labute approximate surface area is 137 Å². The average Bonchev–Trinajstić information content (AvgIpc) is 2.49. The lowest BCUT2D eigenvalue weighted by molar-refractivity contribution is -0.140. The van der Waals surface area contributed by atoms with Crippen LogP contribution in [0.3, 0.4) is 0 Å². The molecule has 0 saturated carbocycles. The Bertz CT molecular complexity index is 303. The van der Waals surface area contributed by atoms with E-state index >= 15 is 0 Å². The molecule has 0 aromatic rings. The van der Waals surface area contributed by atoms with Crippen molar-refractivity contribution in [3.8, 4) is 0 Å². The third-order valence-corrected chi connectivity index (χ3v) is 4.73. The van der Waals surface area contributed by atoms with Crippen molar-refractivity contribution >= 4 is 5.91 Å². The van der Waals surface area contributed by atoms with Crippen molar-refractivity contribution in [1.29, 1.82) is 0 Å². The first-order chi connectivity index (χ1) is 10.5. The molecule has 1 fully saturated rings. The number of hydrogen-bond acceptors (Lipinski definition) is 3. The fourth-order valence-electron chi connectivity index (χ4n) is 3.28. The molecule has 4 nitrogen and oxygen atoms in total. The lowest BCUT2D eigenvalue weighted by atomic mass is 9.97. The number of unbranched alkanes of at least 4 members (excludes halogenated alkanes) is 2. The fraction of sp³-hybridized carbons (Fsp3) is 0.944. The lowest BCUT2D eigenvalue weighted by Gasteiger charge is -2.39. The molecule has 0 aliphatic carbocycles. The molecule has 130 valence electrons. The minimum absolute atomic E-state index is 0.0347. The van der Waals surface area contributed by atoms with Gasteiger partial charge in [0.25, 0.3) is 0 Å². The molecule has 1 unspecified atom stereocenters. The van der Waals surface area contributed by atoms with E-state index in [1.54, 1.807) is 0 Å². The van der Waals surface area contributed by atoms with Gasteiger partial charge < -0.3 is 10.6 Å². The molecule has 1 heterocycles. The Balaban J connectivity index is 2.75. The van der Waals surface area contributed by atoms with Crippen LogP contribution in [-0.4, -0.2) is 54.0 Å². The summed E-state index contributed by atoms with van der Waals surface area (Å²) in [6.07, 6.45) is 6.59. The summed E-state index contributed by atoms with van der Waals surface area (Å²) >= 11 is 0. The Morgan fingerprint density at radius 3 is 2.05 bits per heavy atom. The maximum absolute atomic E-state index is 13.1. The third-order valence-electron chi connectivity index (χ3n) is 4.73. The normalized spacial score (nSPS) is 18.2. The summed E-state index contributed by atoms with van der Waals surface area (Å²) in [6, 6.07) is 0.310. The van der Waals surface area contributed by atoms with E-state index in [9.17, 15) is 4.79 Å². The highest BCUT2D eigenvalue weighted by Gasteiger charge is 2.33. The Morgan fingerprint density at radius 2 is 1.64 bits per heavy atom. The van der Waals surface area contributed by atoms with Crippen LogP contribution in [0.25, 0.3) is 0 Å². The van der Waals surface area contributed by atoms with Crippen molar-refractivity contribution in [2.24, 2.45) is 11.7 Å². The number of rotatable bonds is 9. The average molecular weight is 312 g/mol. The van der Waals surface area contributed by atoms with E-state index in [2.05, 4.69) is 37.5 Å². The highest BCUT2D eigenvalue weighted by Crippen LogP contribution is 2.19. The number of piperidine rings is 1. The first kappa shape index (κ1) is 19.4. The Hall–Kier alpha value is -0.610. The van der Waals surface area contributed by atoms with Gasteiger partial charge in [-0.15, -0.1) is 0 Å². The minimum atomic E-state index is 0.0347. The zero-order chi connectivity index (χ0) is 16.5. The standard InChI is InChI=1S/C18H37N3O/c1-5-7-11-20(12-8-6-2)17(15(3)4)18(22)21-13-9-16(19)10-14-21/h15-17H,5-14,19H2,1-4H3. The van der Waals surface area contributed by atoms with Gasteiger partial charge in [0.2, 0.25) is 5.91 Å². The maximum Gasteiger partial charge on any atom is 0.240 e. The summed E-state index contributed by atoms with van der Waals surface area (Å²) in [6.45, 7) is 12.5. The third kappa shape index (κ3) is 5.88. The van der Waals surface area contributed by atoms with Crippen LogP contribution < -0.4 is 5.73 Å². The summed E-state index contributed by atoms with van der Waals surface area (Å²) in [5.74, 6) is 0.686. The van der Waals surface area contributed by atoms with Crippen LogP contribution in [0.2, 0.25) is 0 Å². The van der Waals surface area contributed by atoms with Crippen molar-refractivity contribution in [3.63, 3.8) is 0 Å². The van der Waals surface area contributed by atoms with Crippen molar-refractivity contribution < 1.29 is 4.79 Å². The molecule has 1 aliphatic rings. The van der Waals surface area contributed by atoms with Gasteiger partial charge in [-0.3, -0.25) is 9.69 Å². The zero-order valence-electron chi connectivity index (χ0n) is 15.2. The van der Waals surface area contributed by atoms with Gasteiger partial charge in [0.1, 0.15) is 0 Å². The largest absolute Gasteiger partial charge is 0.341 e. The van der Waals surface area contributed by atoms with Gasteiger partial charge in [-0.2, -0.15) is 0 Å². The fourth-order valence-corrected chi connectivity index (χ4v) is 3.28. The monoisotopic (exact) mass is 311 g/mol. The molecular formula is C18H37N3O. The van der Waals surface area contributed by atoms with E-state index in [1.807, 2.05) is 0 Å². The van der Waals surface area contributed by atoms with Crippen LogP contribution in [0.15, 0.2) is 0 Å². The lowest BCUT2D eigenvalue weighted by Crippen LogP contribution is -2.54. The number of carbonyl (C=O) groups excluding carboxylic acids is 1. The molecule has 1 rings (SSSR count). The summed E-state index contributed by atoms with van der Waals surface area (Å²) in [4.78, 5) is 17.6. The predicted octanol–water partition coefficient (Wildman–Crippen LogP) is 2.86. The van der Waals surface area contributed by atoms with Crippen molar-refractivity contribution in [3.05, 3.63) is 0 Å². The van der Waals surface area contributed by atoms with Gasteiger partial charge in [0, 0.05) is 19.1 Å². The molecule has 2 N–H and O–H groups in total. The number of carbonyl (C=O) groups is 1. The van der Waals surface area contributed by atoms with Crippen LogP contribution in [0.1, 0.15) is 66.2 Å². The first-order valence-corrected chi connectivity index (χ1v) is 9.29. The van der Waals surface area contributed by atoms with Crippen molar-refractivity contribution in [2.75, 3.05) is 26.2 Å². The number of nitrogens with two attached hydrogens (primary N) is 1. The second-order valence-electron chi connectivity index (χ2n) is 7.09. The molecule has 1 atom stereocenters. The minimum Gasteiger partial charge on any atom is -0.341 e. The number of amides is 1. The summed E-state index contributed by atoms with van der Waals surface area (Å²) in [5.41, 5.74) is 5.98. The Kier molecular flexibility index (Phi) is 9.03. The highest BCUT2D eigenvalue weighted by molar-refractivity contribution is 5.82. The molecule has 1 amide bonds. The smallest absolute Gasteiger partial charge is 0.240 e. The zero-order valence-corrected chi connectivity index (χ0v) is 15.2. The molecule has 4 heteroatoms. The van der Waals surface area contributed by atoms with E-state index in [4.69, 9.17) is 5.73 Å². The van der Waals surface area contributed by atoms with Crippen LogP contribution >= 0.6 is 0 Å². The second kappa shape index (κ2) is 10.2. The van der Waals surface area contributed by atoms with E-state index in [-0.39, 0.29) is 12.1 Å². The molecular weight excluding hydrogens is 274 g/mol. The van der Waals surface area contributed by atoms with E-state index in [0.717, 1.165) is 39.0 Å². The molecule has 1 saturated heterocycles. The van der Waals surface area contributed by atoms with Crippen molar-refractivity contribution in [2.45, 2.75) is 78.3 Å². The van der Waals surface area contributed by atoms with E-state index in [1.165, 1.54) is 25.7 Å². The second-order valence-corrected chi connectivity index (χ2v) is 7.09. The summed E-state index contributed by atoms with van der Waals surface area (Å²) < 4.78 is 0. The number of hydrogen-bond donors (Lipinski definition) is 1. The van der Waals surface area contributed by atoms with Crippen LogP contribution in [0.4, 0.5) is 0 Å². The molecule has 0 aromatic heterocycles. The van der Waals surface area contributed by atoms with E-state index in [0.29, 0.717) is 11.8 Å². The molecule has 22 heavy (non-hydrogen) atoms. The van der Waals surface area contributed by atoms with Gasteiger partial charge >= 0.3 is 0 Å². The van der Waals surface area contributed by atoms with Gasteiger partial charge in [0.15, 0.2) is 0 Å². The first-order valence-electron chi connectivity index (χ1n) is 9.29. The topological polar surface area (TPSA) is 49.6 Å². The Morgan fingerprint density at radius 1 is 1.14 bits per heavy atom. The maximum atomic E-state index is 13.1. The quantitative estimate of drug-likeness (QED) is 0.712. The highest BCUT2D eigenvalue weighted by atomic mass is 16.2. The van der Waals surface area contributed by atoms with Gasteiger partial charge in [0.05, 0.1) is 6.04 Å². The molecule has 0 radical (unpaired) electrons. The van der Waals surface area contributed by atoms with Crippen LogP contribution in [0, 0.1) is 5.92 Å².